The van der Waals surface area contributed by atoms with Crippen LogP contribution in [0.4, 0.5) is 11.4 Å². The lowest BCUT2D eigenvalue weighted by atomic mass is 10.0. The monoisotopic (exact) mass is 350 g/mol. The third-order valence-corrected chi connectivity index (χ3v) is 5.23. The average Bonchev–Trinajstić information content (AvgIpc) is 2.65. The fourth-order valence-electron chi connectivity index (χ4n) is 3.48. The Balaban J connectivity index is 1.65. The van der Waals surface area contributed by atoms with Gasteiger partial charge in [-0.15, -0.1) is 0 Å². The van der Waals surface area contributed by atoms with Crippen molar-refractivity contribution in [2.24, 2.45) is 0 Å². The second kappa shape index (κ2) is 7.13. The molecule has 0 atom stereocenters. The van der Waals surface area contributed by atoms with Gasteiger partial charge in [-0.2, -0.15) is 0 Å². The molecule has 0 aliphatic carbocycles. The van der Waals surface area contributed by atoms with E-state index in [1.165, 1.54) is 0 Å². The zero-order valence-corrected chi connectivity index (χ0v) is 14.9. The Bertz CT molecular complexity index is 681. The molecule has 0 aromatic heterocycles. The molecule has 25 heavy (non-hydrogen) atoms. The highest BCUT2D eigenvalue weighted by atomic mass is 16.5. The molecule has 1 N–H and O–H groups in total. The summed E-state index contributed by atoms with van der Waals surface area (Å²) in [6.07, 6.45) is 0.823. The van der Waals surface area contributed by atoms with E-state index in [1.807, 2.05) is 4.90 Å². The Kier molecular flexibility index (Phi) is 5.10. The summed E-state index contributed by atoms with van der Waals surface area (Å²) < 4.78 is 5.39. The first-order chi connectivity index (χ1) is 11.9. The van der Waals surface area contributed by atoms with Gasteiger partial charge in [-0.25, -0.2) is 0 Å². The Hall–Kier alpha value is -1.93. The van der Waals surface area contributed by atoms with Crippen molar-refractivity contribution in [3.8, 4) is 0 Å². The second-order valence-electron chi connectivity index (χ2n) is 7.28. The maximum atomic E-state index is 12.0. The van der Waals surface area contributed by atoms with Crippen molar-refractivity contribution in [2.45, 2.75) is 19.4 Å². The van der Waals surface area contributed by atoms with E-state index in [4.69, 9.17) is 4.74 Å². The third kappa shape index (κ3) is 3.55. The van der Waals surface area contributed by atoms with Gasteiger partial charge >= 0.3 is 0 Å². The summed E-state index contributed by atoms with van der Waals surface area (Å²) in [5.74, 6) is 0. The summed E-state index contributed by atoms with van der Waals surface area (Å²) in [5.41, 5.74) is -0.104. The van der Waals surface area contributed by atoms with Crippen LogP contribution in [-0.4, -0.2) is 80.8 Å². The van der Waals surface area contributed by atoms with E-state index < -0.39 is 10.9 Å². The van der Waals surface area contributed by atoms with Crippen LogP contribution in [0.1, 0.15) is 13.8 Å². The molecular formula is C17H26N4O4. The number of anilines is 2. The van der Waals surface area contributed by atoms with Gasteiger partial charge in [0.15, 0.2) is 0 Å². The molecule has 2 aliphatic rings. The molecule has 1 aromatic rings. The number of piperazine rings is 1. The lowest BCUT2D eigenvalue weighted by Crippen LogP contribution is -2.55. The molecule has 2 saturated heterocycles. The van der Waals surface area contributed by atoms with Gasteiger partial charge in [0.2, 0.25) is 6.41 Å². The van der Waals surface area contributed by atoms with E-state index in [2.05, 4.69) is 24.1 Å². The number of morpholine rings is 1. The molecule has 0 unspecified atom stereocenters. The summed E-state index contributed by atoms with van der Waals surface area (Å²) in [5, 5.41) is 3.21. The number of rotatable bonds is 6. The number of ether oxygens (including phenoxy) is 1. The summed E-state index contributed by atoms with van der Waals surface area (Å²) >= 11 is 0. The van der Waals surface area contributed by atoms with Crippen LogP contribution in [-0.2, 0) is 9.53 Å². The smallest absolute Gasteiger partial charge is 0.253 e. The normalized spacial score (nSPS) is 20.1. The molecule has 8 nitrogen and oxygen atoms in total. The highest BCUT2D eigenvalue weighted by molar-refractivity contribution is 5.75. The maximum Gasteiger partial charge on any atom is 0.253 e. The van der Waals surface area contributed by atoms with E-state index in [0.717, 1.165) is 32.7 Å². The van der Waals surface area contributed by atoms with Crippen molar-refractivity contribution in [2.75, 3.05) is 69.2 Å². The van der Waals surface area contributed by atoms with Crippen molar-refractivity contribution >= 4 is 17.8 Å². The number of amides is 1. The highest BCUT2D eigenvalue weighted by Gasteiger charge is 2.32. The van der Waals surface area contributed by atoms with Crippen molar-refractivity contribution in [1.29, 1.82) is 0 Å². The van der Waals surface area contributed by atoms with Crippen LogP contribution < -0.4 is 21.1 Å². The number of nitrogens with one attached hydrogen (secondary N) is 1. The minimum Gasteiger partial charge on any atom is -0.379 e. The van der Waals surface area contributed by atoms with Gasteiger partial charge in [0.05, 0.1) is 13.2 Å². The standard InChI is InChI=1S/C17H26N4O4/c1-17(2,21-7-9-25-10-8-21)11-18-13-14(16(24)15(13)23)20-5-3-19(12-22)4-6-20/h12,18H,3-11H2,1-2H3. The fraction of sp³-hybridized carbons (Fsp3) is 0.706. The second-order valence-corrected chi connectivity index (χ2v) is 7.28. The molecule has 0 saturated carbocycles. The maximum absolute atomic E-state index is 12.0. The molecule has 0 bridgehead atoms. The van der Waals surface area contributed by atoms with Crippen LogP contribution in [0, 0.1) is 0 Å². The lowest BCUT2D eigenvalue weighted by molar-refractivity contribution is -0.118. The molecule has 0 spiro atoms. The van der Waals surface area contributed by atoms with E-state index in [0.29, 0.717) is 44.1 Å². The summed E-state index contributed by atoms with van der Waals surface area (Å²) in [4.78, 5) is 40.8. The molecule has 138 valence electrons. The van der Waals surface area contributed by atoms with Crippen molar-refractivity contribution in [3.05, 3.63) is 20.4 Å². The van der Waals surface area contributed by atoms with Gasteiger partial charge in [0, 0.05) is 51.4 Å². The number of carbonyl (C=O) groups is 1. The molecular weight excluding hydrogens is 324 g/mol. The van der Waals surface area contributed by atoms with Crippen LogP contribution in [0.3, 0.4) is 0 Å². The van der Waals surface area contributed by atoms with Gasteiger partial charge < -0.3 is 19.9 Å². The molecule has 3 rings (SSSR count). The van der Waals surface area contributed by atoms with Crippen molar-refractivity contribution in [3.63, 3.8) is 0 Å². The SMILES string of the molecule is CC(C)(CNc1c(N2CCN(C=O)CC2)c(=O)c1=O)N1CCOCC1. The molecule has 2 aliphatic heterocycles. The third-order valence-electron chi connectivity index (χ3n) is 5.23. The van der Waals surface area contributed by atoms with Crippen LogP contribution in [0.25, 0.3) is 0 Å². The number of carbonyl (C=O) groups excluding carboxylic acids is 1. The lowest BCUT2D eigenvalue weighted by Gasteiger charge is -2.41. The van der Waals surface area contributed by atoms with Gasteiger partial charge in [-0.1, -0.05) is 0 Å². The van der Waals surface area contributed by atoms with Crippen LogP contribution >= 0.6 is 0 Å². The minimum atomic E-state index is -0.439. The predicted octanol–water partition coefficient (Wildman–Crippen LogP) is -0.916. The first-order valence-corrected chi connectivity index (χ1v) is 8.78. The number of nitrogens with zero attached hydrogens (tertiary/aromatic N) is 3. The largest absolute Gasteiger partial charge is 0.379 e. The molecule has 1 aromatic carbocycles. The van der Waals surface area contributed by atoms with E-state index >= 15 is 0 Å². The Morgan fingerprint density at radius 1 is 1.04 bits per heavy atom. The molecule has 8 heteroatoms. The zero-order valence-electron chi connectivity index (χ0n) is 14.9. The quantitative estimate of drug-likeness (QED) is 0.525. The zero-order chi connectivity index (χ0) is 18.0. The van der Waals surface area contributed by atoms with Crippen molar-refractivity contribution in [1.82, 2.24) is 9.80 Å². The first-order valence-electron chi connectivity index (χ1n) is 8.78. The predicted molar refractivity (Wildman–Crippen MR) is 96.2 cm³/mol. The Labute approximate surface area is 147 Å². The summed E-state index contributed by atoms with van der Waals surface area (Å²) in [6, 6.07) is 0. The van der Waals surface area contributed by atoms with Crippen molar-refractivity contribution < 1.29 is 9.53 Å². The number of hydrogen-bond donors (Lipinski definition) is 1. The van der Waals surface area contributed by atoms with Gasteiger partial charge in [0.25, 0.3) is 10.9 Å². The molecule has 2 fully saturated rings. The van der Waals surface area contributed by atoms with Gasteiger partial charge in [0.1, 0.15) is 11.4 Å². The van der Waals surface area contributed by atoms with E-state index in [1.54, 1.807) is 4.90 Å². The van der Waals surface area contributed by atoms with Crippen LogP contribution in [0.5, 0.6) is 0 Å². The van der Waals surface area contributed by atoms with E-state index in [9.17, 15) is 14.4 Å². The molecule has 2 heterocycles. The topological polar surface area (TPSA) is 82.2 Å². The number of hydrogen-bond acceptors (Lipinski definition) is 7. The highest BCUT2D eigenvalue weighted by Crippen LogP contribution is 2.23. The average molecular weight is 350 g/mol. The van der Waals surface area contributed by atoms with E-state index in [-0.39, 0.29) is 5.54 Å². The van der Waals surface area contributed by atoms with Crippen LogP contribution in [0.2, 0.25) is 0 Å². The Morgan fingerprint density at radius 2 is 1.68 bits per heavy atom. The first kappa shape index (κ1) is 17.9. The molecule has 1 amide bonds. The summed E-state index contributed by atoms with van der Waals surface area (Å²) in [6.45, 7) is 10.3. The molecule has 0 radical (unpaired) electrons. The van der Waals surface area contributed by atoms with Gasteiger partial charge in [-0.05, 0) is 13.8 Å². The van der Waals surface area contributed by atoms with Gasteiger partial charge in [-0.3, -0.25) is 19.3 Å². The minimum absolute atomic E-state index is 0.142. The van der Waals surface area contributed by atoms with Crippen LogP contribution in [0.15, 0.2) is 9.59 Å². The summed E-state index contributed by atoms with van der Waals surface area (Å²) in [7, 11) is 0. The fourth-order valence-corrected chi connectivity index (χ4v) is 3.48. The Morgan fingerprint density at radius 3 is 2.28 bits per heavy atom.